The Hall–Kier alpha value is -2.04. The third-order valence-electron chi connectivity index (χ3n) is 1.73. The number of hydrogen-bond acceptors (Lipinski definition) is 4. The number of nitrogens with one attached hydrogen (secondary N) is 1. The summed E-state index contributed by atoms with van der Waals surface area (Å²) in [7, 11) is 1.31. The predicted octanol–water partition coefficient (Wildman–Crippen LogP) is 0.657. The number of aromatic amines is 1. The molecule has 5 heteroatoms. The minimum atomic E-state index is -0.542. The molecule has 80 valence electrons. The van der Waals surface area contributed by atoms with Crippen LogP contribution in [0.2, 0.25) is 0 Å². The van der Waals surface area contributed by atoms with Gasteiger partial charge in [-0.15, -0.1) is 0 Å². The van der Waals surface area contributed by atoms with Gasteiger partial charge in [0, 0.05) is 6.20 Å². The van der Waals surface area contributed by atoms with Gasteiger partial charge < -0.3 is 14.8 Å². The molecule has 1 heterocycles. The highest BCUT2D eigenvalue weighted by atomic mass is 16.5. The van der Waals surface area contributed by atoms with Gasteiger partial charge in [0.1, 0.15) is 0 Å². The molecule has 0 aliphatic rings. The van der Waals surface area contributed by atoms with Crippen molar-refractivity contribution in [3.8, 4) is 5.75 Å². The van der Waals surface area contributed by atoms with Gasteiger partial charge in [-0.2, -0.15) is 0 Å². The zero-order chi connectivity index (χ0) is 11.3. The number of esters is 1. The van der Waals surface area contributed by atoms with Gasteiger partial charge in [-0.05, 0) is 11.6 Å². The van der Waals surface area contributed by atoms with E-state index in [9.17, 15) is 9.59 Å². The van der Waals surface area contributed by atoms with Crippen LogP contribution in [-0.4, -0.2) is 23.2 Å². The van der Waals surface area contributed by atoms with Crippen molar-refractivity contribution in [2.45, 2.75) is 6.42 Å². The highest BCUT2D eigenvalue weighted by molar-refractivity contribution is 5.72. The number of pyridine rings is 1. The maximum absolute atomic E-state index is 10.8. The van der Waals surface area contributed by atoms with Gasteiger partial charge >= 0.3 is 5.97 Å². The van der Waals surface area contributed by atoms with Crippen LogP contribution >= 0.6 is 0 Å². The lowest BCUT2D eigenvalue weighted by atomic mass is 10.2. The molecule has 0 aliphatic heterocycles. The minimum absolute atomic E-state index is 0.149. The van der Waals surface area contributed by atoms with Gasteiger partial charge in [-0.1, -0.05) is 12.2 Å². The zero-order valence-electron chi connectivity index (χ0n) is 8.19. The summed E-state index contributed by atoms with van der Waals surface area (Å²) in [6.45, 7) is 0. The Labute approximate surface area is 86.0 Å². The second-order valence-electron chi connectivity index (χ2n) is 2.83. The number of methoxy groups -OCH3 is 1. The first-order valence-electron chi connectivity index (χ1n) is 4.28. The van der Waals surface area contributed by atoms with Crippen molar-refractivity contribution in [2.24, 2.45) is 0 Å². The number of aromatic nitrogens is 1. The summed E-state index contributed by atoms with van der Waals surface area (Å²) in [6.07, 6.45) is 4.78. The first kappa shape index (κ1) is 11.0. The lowest BCUT2D eigenvalue weighted by Crippen LogP contribution is -2.03. The van der Waals surface area contributed by atoms with E-state index in [4.69, 9.17) is 5.11 Å². The smallest absolute Gasteiger partial charge is 0.309 e. The summed E-state index contributed by atoms with van der Waals surface area (Å²) in [6, 6.07) is 1.31. The number of H-pyrrole nitrogens is 1. The van der Waals surface area contributed by atoms with Crippen molar-refractivity contribution in [1.82, 2.24) is 4.98 Å². The highest BCUT2D eigenvalue weighted by Gasteiger charge is 1.97. The Balaban J connectivity index is 2.69. The fraction of sp³-hybridized carbons (Fsp3) is 0.200. The predicted molar refractivity (Wildman–Crippen MR) is 54.4 cm³/mol. The van der Waals surface area contributed by atoms with Crippen molar-refractivity contribution in [3.63, 3.8) is 0 Å². The molecule has 0 saturated heterocycles. The van der Waals surface area contributed by atoms with E-state index >= 15 is 0 Å². The Morgan fingerprint density at radius 2 is 2.40 bits per heavy atom. The third kappa shape index (κ3) is 3.30. The van der Waals surface area contributed by atoms with Crippen LogP contribution in [0, 0.1) is 0 Å². The van der Waals surface area contributed by atoms with E-state index in [1.807, 2.05) is 0 Å². The third-order valence-corrected chi connectivity index (χ3v) is 1.73. The standard InChI is InChI=1S/C10H11NO4/c1-15-9(13)4-2-3-7-5-8(12)10(14)11-6-7/h2-3,5-6,12H,4H2,1H3,(H,11,14). The van der Waals surface area contributed by atoms with Gasteiger partial charge in [0.05, 0.1) is 13.5 Å². The summed E-state index contributed by atoms with van der Waals surface area (Å²) in [5.74, 6) is -0.699. The molecule has 5 nitrogen and oxygen atoms in total. The van der Waals surface area contributed by atoms with Crippen molar-refractivity contribution >= 4 is 12.0 Å². The van der Waals surface area contributed by atoms with Crippen molar-refractivity contribution in [2.75, 3.05) is 7.11 Å². The Morgan fingerprint density at radius 1 is 1.67 bits per heavy atom. The van der Waals surface area contributed by atoms with Gasteiger partial charge in [0.15, 0.2) is 5.75 Å². The molecule has 2 N–H and O–H groups in total. The van der Waals surface area contributed by atoms with E-state index in [0.29, 0.717) is 5.56 Å². The number of aromatic hydroxyl groups is 1. The fourth-order valence-electron chi connectivity index (χ4n) is 0.959. The normalized spacial score (nSPS) is 10.5. The van der Waals surface area contributed by atoms with Crippen LogP contribution in [0.25, 0.3) is 6.08 Å². The molecular formula is C10H11NO4. The van der Waals surface area contributed by atoms with E-state index in [0.717, 1.165) is 0 Å². The van der Waals surface area contributed by atoms with Crippen LogP contribution in [0.1, 0.15) is 12.0 Å². The van der Waals surface area contributed by atoms with Crippen LogP contribution in [-0.2, 0) is 9.53 Å². The van der Waals surface area contributed by atoms with Gasteiger partial charge in [-0.25, -0.2) is 0 Å². The Morgan fingerprint density at radius 3 is 3.00 bits per heavy atom. The number of hydrogen-bond donors (Lipinski definition) is 2. The summed E-state index contributed by atoms with van der Waals surface area (Å²) in [4.78, 5) is 23.9. The second kappa shape index (κ2) is 4.99. The molecule has 1 aromatic rings. The van der Waals surface area contributed by atoms with Crippen LogP contribution in [0.3, 0.4) is 0 Å². The Bertz CT molecular complexity index is 433. The summed E-state index contributed by atoms with van der Waals surface area (Å²) < 4.78 is 4.43. The lowest BCUT2D eigenvalue weighted by Gasteiger charge is -1.95. The highest BCUT2D eigenvalue weighted by Crippen LogP contribution is 2.06. The van der Waals surface area contributed by atoms with Crippen LogP contribution in [0.4, 0.5) is 0 Å². The molecule has 0 spiro atoms. The number of rotatable bonds is 3. The molecule has 1 rings (SSSR count). The number of ether oxygens (including phenoxy) is 1. The van der Waals surface area contributed by atoms with Crippen molar-refractivity contribution in [1.29, 1.82) is 0 Å². The lowest BCUT2D eigenvalue weighted by molar-refractivity contribution is -0.139. The monoisotopic (exact) mass is 209 g/mol. The average molecular weight is 209 g/mol. The molecule has 0 bridgehead atoms. The molecule has 0 fully saturated rings. The summed E-state index contributed by atoms with van der Waals surface area (Å²) in [5.41, 5.74) is 0.0659. The van der Waals surface area contributed by atoms with Gasteiger partial charge in [0.2, 0.25) is 0 Å². The maximum Gasteiger partial charge on any atom is 0.309 e. The van der Waals surface area contributed by atoms with E-state index in [2.05, 4.69) is 9.72 Å². The van der Waals surface area contributed by atoms with Crippen LogP contribution < -0.4 is 5.56 Å². The molecule has 0 unspecified atom stereocenters. The minimum Gasteiger partial charge on any atom is -0.503 e. The first-order chi connectivity index (χ1) is 7.13. The van der Waals surface area contributed by atoms with Crippen LogP contribution in [0.15, 0.2) is 23.1 Å². The van der Waals surface area contributed by atoms with E-state index in [-0.39, 0.29) is 18.1 Å². The van der Waals surface area contributed by atoms with E-state index in [1.54, 1.807) is 12.2 Å². The summed E-state index contributed by atoms with van der Waals surface area (Å²) >= 11 is 0. The summed E-state index contributed by atoms with van der Waals surface area (Å²) in [5, 5.41) is 9.09. The van der Waals surface area contributed by atoms with Crippen LogP contribution in [0.5, 0.6) is 5.75 Å². The molecule has 0 aliphatic carbocycles. The molecule has 0 amide bonds. The Kier molecular flexibility index (Phi) is 3.68. The number of carbonyl (C=O) groups excluding carboxylic acids is 1. The molecule has 0 saturated carbocycles. The maximum atomic E-state index is 10.8. The van der Waals surface area contributed by atoms with Crippen molar-refractivity contribution < 1.29 is 14.6 Å². The number of carbonyl (C=O) groups is 1. The van der Waals surface area contributed by atoms with Gasteiger partial charge in [0.25, 0.3) is 5.56 Å². The van der Waals surface area contributed by atoms with Gasteiger partial charge in [-0.3, -0.25) is 9.59 Å². The molecule has 1 aromatic heterocycles. The van der Waals surface area contributed by atoms with E-state index in [1.165, 1.54) is 19.4 Å². The molecule has 0 aromatic carbocycles. The first-order valence-corrected chi connectivity index (χ1v) is 4.28. The molecule has 0 radical (unpaired) electrons. The van der Waals surface area contributed by atoms with Crippen molar-refractivity contribution in [3.05, 3.63) is 34.3 Å². The largest absolute Gasteiger partial charge is 0.503 e. The molecular weight excluding hydrogens is 198 g/mol. The fourth-order valence-corrected chi connectivity index (χ4v) is 0.959. The SMILES string of the molecule is COC(=O)CC=Cc1c[nH]c(=O)c(O)c1. The quantitative estimate of drug-likeness (QED) is 0.716. The topological polar surface area (TPSA) is 79.4 Å². The van der Waals surface area contributed by atoms with E-state index < -0.39 is 5.56 Å². The molecule has 15 heavy (non-hydrogen) atoms. The second-order valence-corrected chi connectivity index (χ2v) is 2.83. The zero-order valence-corrected chi connectivity index (χ0v) is 8.19. The average Bonchev–Trinajstić information content (AvgIpc) is 2.23. The molecule has 0 atom stereocenters.